The van der Waals surface area contributed by atoms with Crippen LogP contribution in [0, 0.1) is 17.8 Å². The number of nitrogens with zero attached hydrogens (tertiary/aromatic N) is 4. The molecule has 2 saturated heterocycles. The second-order valence-electron chi connectivity index (χ2n) is 13.5. The van der Waals surface area contributed by atoms with Crippen molar-refractivity contribution in [3.63, 3.8) is 0 Å². The number of anilines is 2. The van der Waals surface area contributed by atoms with Gasteiger partial charge in [-0.3, -0.25) is 14.4 Å². The molecule has 2 aromatic rings. The summed E-state index contributed by atoms with van der Waals surface area (Å²) in [5, 5.41) is 10.8. The van der Waals surface area contributed by atoms with E-state index in [-0.39, 0.29) is 30.2 Å². The highest BCUT2D eigenvalue weighted by Crippen LogP contribution is 2.66. The highest BCUT2D eigenvalue weighted by molar-refractivity contribution is 8.02. The molecule has 1 unspecified atom stereocenters. The van der Waals surface area contributed by atoms with Crippen LogP contribution < -0.4 is 9.80 Å². The predicted molar refractivity (Wildman–Crippen MR) is 189 cm³/mol. The number of likely N-dealkylation sites (tertiary alicyclic amines) is 1. The Balaban J connectivity index is 1.44. The monoisotopic (exact) mass is 656 g/mol. The molecule has 2 aromatic carbocycles. The molecule has 0 aromatic heterocycles. The molecule has 4 aliphatic heterocycles. The van der Waals surface area contributed by atoms with E-state index >= 15 is 4.79 Å². The average Bonchev–Trinajstić information content (AvgIpc) is 3.35. The smallest absolute Gasteiger partial charge is 0.251 e. The van der Waals surface area contributed by atoms with Crippen molar-refractivity contribution < 1.29 is 19.5 Å². The summed E-state index contributed by atoms with van der Waals surface area (Å²) in [5.74, 6) is -1.91. The Hall–Kier alpha value is -3.56. The molecule has 0 bridgehead atoms. The SMILES string of the molecule is CC[C@H](C)[C@H](CO)N1C(=O)[C@@H]2[C@H]3C(=O)N(Cc4ccccc4)CC=C[C@@]3(C)S[C@@]23C=CCN(c2ccc(N(CC)CC)cc2)C(=O)C13. The first-order chi connectivity index (χ1) is 22.6. The second kappa shape index (κ2) is 13.2. The lowest BCUT2D eigenvalue weighted by atomic mass is 9.74. The molecule has 7 atom stereocenters. The summed E-state index contributed by atoms with van der Waals surface area (Å²) in [6.45, 7) is 13.1. The lowest BCUT2D eigenvalue weighted by Gasteiger charge is -2.41. The van der Waals surface area contributed by atoms with Crippen LogP contribution in [0.15, 0.2) is 78.9 Å². The van der Waals surface area contributed by atoms with Crippen molar-refractivity contribution in [3.8, 4) is 0 Å². The Morgan fingerprint density at radius 1 is 0.894 bits per heavy atom. The molecular formula is C38H48N4O4S. The minimum Gasteiger partial charge on any atom is -0.394 e. The Morgan fingerprint density at radius 3 is 2.21 bits per heavy atom. The summed E-state index contributed by atoms with van der Waals surface area (Å²) in [7, 11) is 0. The molecular weight excluding hydrogens is 609 g/mol. The standard InChI is InChI=1S/C38H48N4O4S/c1-6-26(4)30(25-43)42-33-36(46)41(29-18-16-28(17-19-29)39(7-2)8-3)23-13-21-38(33)32(35(42)45)31-34(44)40(22-12-20-37(31,5)47-38)24-27-14-10-9-11-15-27/h9-21,26,30-33,43H,6-8,22-25H2,1-5H3/t26-,30-,31-,32-,33?,37+,38-/m0/s1. The van der Waals surface area contributed by atoms with Crippen molar-refractivity contribution in [2.75, 3.05) is 42.6 Å². The third-order valence-corrected chi connectivity index (χ3v) is 12.7. The van der Waals surface area contributed by atoms with Gasteiger partial charge in [-0.2, -0.15) is 0 Å². The zero-order valence-corrected chi connectivity index (χ0v) is 29.0. The molecule has 8 nitrogen and oxygen atoms in total. The molecule has 0 saturated carbocycles. The molecule has 9 heteroatoms. The normalized spacial score (nSPS) is 29.7. The van der Waals surface area contributed by atoms with Crippen LogP contribution in [-0.2, 0) is 20.9 Å². The maximum Gasteiger partial charge on any atom is 0.251 e. The van der Waals surface area contributed by atoms with Gasteiger partial charge in [0.1, 0.15) is 6.04 Å². The van der Waals surface area contributed by atoms with Gasteiger partial charge < -0.3 is 24.7 Å². The minimum atomic E-state index is -0.972. The van der Waals surface area contributed by atoms with Crippen LogP contribution in [0.1, 0.15) is 46.6 Å². The second-order valence-corrected chi connectivity index (χ2v) is 15.3. The summed E-state index contributed by atoms with van der Waals surface area (Å²) < 4.78 is -1.66. The maximum atomic E-state index is 15.0. The van der Waals surface area contributed by atoms with Gasteiger partial charge in [-0.1, -0.05) is 74.9 Å². The summed E-state index contributed by atoms with van der Waals surface area (Å²) in [5.41, 5.74) is 2.88. The zero-order valence-electron chi connectivity index (χ0n) is 28.2. The first-order valence-electron chi connectivity index (χ1n) is 17.1. The number of aliphatic hydroxyl groups excluding tert-OH is 1. The third-order valence-electron chi connectivity index (χ3n) is 10.9. The van der Waals surface area contributed by atoms with E-state index in [1.165, 1.54) is 0 Å². The number of hydrogen-bond donors (Lipinski definition) is 1. The van der Waals surface area contributed by atoms with E-state index in [0.717, 1.165) is 36.4 Å². The van der Waals surface area contributed by atoms with Crippen LogP contribution in [-0.4, -0.2) is 87.0 Å². The Bertz CT molecular complexity index is 1540. The molecule has 4 heterocycles. The van der Waals surface area contributed by atoms with E-state index in [9.17, 15) is 14.7 Å². The number of fused-ring (bicyclic) bond motifs is 2. The van der Waals surface area contributed by atoms with Crippen LogP contribution in [0.2, 0.25) is 0 Å². The fourth-order valence-electron chi connectivity index (χ4n) is 8.29. The van der Waals surface area contributed by atoms with Crippen molar-refractivity contribution in [2.45, 2.75) is 69.2 Å². The number of aliphatic hydroxyl groups is 1. The molecule has 0 aliphatic carbocycles. The zero-order chi connectivity index (χ0) is 33.5. The van der Waals surface area contributed by atoms with E-state index in [0.29, 0.717) is 19.6 Å². The Kier molecular flexibility index (Phi) is 9.33. The lowest BCUT2D eigenvalue weighted by Crippen LogP contribution is -2.58. The lowest BCUT2D eigenvalue weighted by molar-refractivity contribution is -0.146. The van der Waals surface area contributed by atoms with Gasteiger partial charge in [-0.25, -0.2) is 0 Å². The maximum absolute atomic E-state index is 15.0. The quantitative estimate of drug-likeness (QED) is 0.357. The van der Waals surface area contributed by atoms with Crippen molar-refractivity contribution >= 4 is 40.9 Å². The molecule has 47 heavy (non-hydrogen) atoms. The number of benzene rings is 2. The molecule has 3 amide bonds. The van der Waals surface area contributed by atoms with Gasteiger partial charge in [0, 0.05) is 48.8 Å². The van der Waals surface area contributed by atoms with Gasteiger partial charge in [0.05, 0.1) is 29.2 Å². The van der Waals surface area contributed by atoms with Crippen molar-refractivity contribution in [1.82, 2.24) is 9.80 Å². The number of amides is 3. The van der Waals surface area contributed by atoms with Crippen LogP contribution in [0.4, 0.5) is 11.4 Å². The number of hydrogen-bond acceptors (Lipinski definition) is 6. The van der Waals surface area contributed by atoms with Crippen molar-refractivity contribution in [2.24, 2.45) is 17.8 Å². The van der Waals surface area contributed by atoms with Gasteiger partial charge in [-0.15, -0.1) is 11.8 Å². The summed E-state index contributed by atoms with van der Waals surface area (Å²) in [6.07, 6.45) is 8.94. The predicted octanol–water partition coefficient (Wildman–Crippen LogP) is 5.13. The largest absolute Gasteiger partial charge is 0.394 e. The van der Waals surface area contributed by atoms with Gasteiger partial charge in [0.2, 0.25) is 11.8 Å². The first kappa shape index (κ1) is 33.3. The number of thioether (sulfide) groups is 1. The van der Waals surface area contributed by atoms with E-state index in [1.54, 1.807) is 21.6 Å². The van der Waals surface area contributed by atoms with Gasteiger partial charge in [0.25, 0.3) is 5.91 Å². The summed E-state index contributed by atoms with van der Waals surface area (Å²) in [6, 6.07) is 16.6. The fourth-order valence-corrected chi connectivity index (χ4v) is 10.4. The third kappa shape index (κ3) is 5.49. The van der Waals surface area contributed by atoms with Gasteiger partial charge in [0.15, 0.2) is 0 Å². The van der Waals surface area contributed by atoms with Gasteiger partial charge >= 0.3 is 0 Å². The van der Waals surface area contributed by atoms with Crippen LogP contribution in [0.3, 0.4) is 0 Å². The van der Waals surface area contributed by atoms with Crippen molar-refractivity contribution in [3.05, 3.63) is 84.5 Å². The average molecular weight is 657 g/mol. The van der Waals surface area contributed by atoms with Crippen LogP contribution in [0.25, 0.3) is 0 Å². The first-order valence-corrected chi connectivity index (χ1v) is 17.9. The summed E-state index contributed by atoms with van der Waals surface area (Å²) in [4.78, 5) is 52.2. The molecule has 1 N–H and O–H groups in total. The van der Waals surface area contributed by atoms with E-state index in [1.807, 2.05) is 85.5 Å². The summed E-state index contributed by atoms with van der Waals surface area (Å²) >= 11 is 1.59. The molecule has 2 fully saturated rings. The molecule has 0 radical (unpaired) electrons. The number of carbonyl (C=O) groups excluding carboxylic acids is 3. The van der Waals surface area contributed by atoms with Crippen LogP contribution >= 0.6 is 11.8 Å². The Labute approximate surface area is 283 Å². The number of carbonyl (C=O) groups is 3. The van der Waals surface area contributed by atoms with Crippen LogP contribution in [0.5, 0.6) is 0 Å². The molecule has 250 valence electrons. The van der Waals surface area contributed by atoms with E-state index < -0.39 is 33.4 Å². The van der Waals surface area contributed by atoms with E-state index in [2.05, 4.69) is 37.8 Å². The highest BCUT2D eigenvalue weighted by atomic mass is 32.2. The fraction of sp³-hybridized carbons (Fsp3) is 0.500. The van der Waals surface area contributed by atoms with Crippen molar-refractivity contribution in [1.29, 1.82) is 0 Å². The molecule has 6 rings (SSSR count). The molecule has 4 aliphatic rings. The minimum absolute atomic E-state index is 0.0441. The topological polar surface area (TPSA) is 84.4 Å². The molecule has 1 spiro atoms. The van der Waals surface area contributed by atoms with Gasteiger partial charge in [-0.05, 0) is 56.5 Å². The highest BCUT2D eigenvalue weighted by Gasteiger charge is 2.74. The number of rotatable bonds is 10. The van der Waals surface area contributed by atoms with E-state index in [4.69, 9.17) is 0 Å². The Morgan fingerprint density at radius 2 is 1.57 bits per heavy atom.